The predicted molar refractivity (Wildman–Crippen MR) is 137 cm³/mol. The Morgan fingerprint density at radius 2 is 1.56 bits per heavy atom. The van der Waals surface area contributed by atoms with Gasteiger partial charge in [0.15, 0.2) is 11.5 Å². The van der Waals surface area contributed by atoms with Gasteiger partial charge in [-0.1, -0.05) is 24.3 Å². The molecule has 0 aliphatic carbocycles. The normalized spacial score (nSPS) is 10.9. The van der Waals surface area contributed by atoms with Gasteiger partial charge in [-0.05, 0) is 80.4 Å². The first-order valence-electron chi connectivity index (χ1n) is 11.4. The zero-order valence-electron chi connectivity index (χ0n) is 20.3. The number of carboxylic acid groups (broad SMARTS) is 1. The van der Waals surface area contributed by atoms with Crippen LogP contribution in [0, 0.1) is 6.92 Å². The van der Waals surface area contributed by atoms with Crippen molar-refractivity contribution in [2.24, 2.45) is 0 Å². The van der Waals surface area contributed by atoms with Crippen molar-refractivity contribution in [3.8, 4) is 11.5 Å². The molecule has 36 heavy (non-hydrogen) atoms. The second-order valence-corrected chi connectivity index (χ2v) is 7.74. The standard InChI is InChI=1S/C28H28N2O6/c1-4-35-24-15-10-19(17-25(24)36-5-2)16-23(30-26(31)22-9-7-6-8-18(22)3)27(32)29-21-13-11-20(12-14-21)28(33)34/h6-17H,4-5H2,1-3H3,(H,29,32)(H,30,31)(H,33,34). The van der Waals surface area contributed by atoms with E-state index >= 15 is 0 Å². The van der Waals surface area contributed by atoms with Gasteiger partial charge in [0.25, 0.3) is 11.8 Å². The molecule has 0 aliphatic rings. The Kier molecular flexibility index (Phi) is 8.83. The number of aryl methyl sites for hydroxylation is 1. The molecule has 0 unspecified atom stereocenters. The smallest absolute Gasteiger partial charge is 0.335 e. The fraction of sp³-hybridized carbons (Fsp3) is 0.179. The number of ether oxygens (including phenoxy) is 2. The molecular formula is C28H28N2O6. The number of aromatic carboxylic acids is 1. The van der Waals surface area contributed by atoms with Crippen LogP contribution in [0.3, 0.4) is 0 Å². The predicted octanol–water partition coefficient (Wildman–Crippen LogP) is 4.90. The maximum Gasteiger partial charge on any atom is 0.335 e. The van der Waals surface area contributed by atoms with Gasteiger partial charge in [-0.3, -0.25) is 9.59 Å². The number of amides is 2. The van der Waals surface area contributed by atoms with Gasteiger partial charge in [0.2, 0.25) is 0 Å². The van der Waals surface area contributed by atoms with Gasteiger partial charge in [-0.2, -0.15) is 0 Å². The summed E-state index contributed by atoms with van der Waals surface area (Å²) in [6, 6.07) is 18.0. The first-order valence-corrected chi connectivity index (χ1v) is 11.4. The molecule has 2 amide bonds. The second-order valence-electron chi connectivity index (χ2n) is 7.74. The van der Waals surface area contributed by atoms with E-state index in [0.717, 1.165) is 5.56 Å². The lowest BCUT2D eigenvalue weighted by Gasteiger charge is -2.14. The van der Waals surface area contributed by atoms with E-state index in [1.165, 1.54) is 30.3 Å². The Labute approximate surface area is 209 Å². The summed E-state index contributed by atoms with van der Waals surface area (Å²) in [5, 5.41) is 14.5. The minimum atomic E-state index is -1.07. The minimum absolute atomic E-state index is 0.00262. The lowest BCUT2D eigenvalue weighted by molar-refractivity contribution is -0.113. The quantitative estimate of drug-likeness (QED) is 0.350. The summed E-state index contributed by atoms with van der Waals surface area (Å²) >= 11 is 0. The number of carbonyl (C=O) groups is 3. The van der Waals surface area contributed by atoms with E-state index in [2.05, 4.69) is 10.6 Å². The molecule has 0 fully saturated rings. The Morgan fingerprint density at radius 3 is 2.19 bits per heavy atom. The summed E-state index contributed by atoms with van der Waals surface area (Å²) < 4.78 is 11.3. The van der Waals surface area contributed by atoms with E-state index in [1.54, 1.807) is 30.3 Å². The maximum absolute atomic E-state index is 13.2. The number of hydrogen-bond donors (Lipinski definition) is 3. The number of rotatable bonds is 10. The van der Waals surface area contributed by atoms with E-state index in [-0.39, 0.29) is 11.3 Å². The maximum atomic E-state index is 13.2. The molecule has 3 aromatic carbocycles. The molecule has 3 N–H and O–H groups in total. The summed E-state index contributed by atoms with van der Waals surface area (Å²) in [4.78, 5) is 37.3. The highest BCUT2D eigenvalue weighted by molar-refractivity contribution is 6.11. The van der Waals surface area contributed by atoms with Gasteiger partial charge in [-0.15, -0.1) is 0 Å². The molecule has 0 aliphatic heterocycles. The number of anilines is 1. The molecule has 0 aromatic heterocycles. The van der Waals surface area contributed by atoms with Gasteiger partial charge in [-0.25, -0.2) is 4.79 Å². The molecule has 0 saturated heterocycles. The summed E-state index contributed by atoms with van der Waals surface area (Å²) in [6.07, 6.45) is 1.54. The Balaban J connectivity index is 1.95. The SMILES string of the molecule is CCOc1ccc(C=C(NC(=O)c2ccccc2C)C(=O)Nc2ccc(C(=O)O)cc2)cc1OCC. The van der Waals surface area contributed by atoms with Crippen LogP contribution in [0.2, 0.25) is 0 Å². The number of carbonyl (C=O) groups excluding carboxylic acids is 2. The number of carboxylic acids is 1. The van der Waals surface area contributed by atoms with Gasteiger partial charge >= 0.3 is 5.97 Å². The topological polar surface area (TPSA) is 114 Å². The van der Waals surface area contributed by atoms with Crippen LogP contribution in [-0.2, 0) is 4.79 Å². The Hall–Kier alpha value is -4.59. The molecule has 3 aromatic rings. The van der Waals surface area contributed by atoms with E-state index in [1.807, 2.05) is 32.9 Å². The van der Waals surface area contributed by atoms with Crippen molar-refractivity contribution in [1.29, 1.82) is 0 Å². The third-order valence-corrected chi connectivity index (χ3v) is 5.15. The lowest BCUT2D eigenvalue weighted by Crippen LogP contribution is -2.31. The van der Waals surface area contributed by atoms with Crippen molar-refractivity contribution in [3.63, 3.8) is 0 Å². The monoisotopic (exact) mass is 488 g/mol. The second kappa shape index (κ2) is 12.2. The van der Waals surface area contributed by atoms with E-state index in [4.69, 9.17) is 14.6 Å². The fourth-order valence-electron chi connectivity index (χ4n) is 3.39. The van der Waals surface area contributed by atoms with Crippen LogP contribution in [0.1, 0.15) is 45.7 Å². The van der Waals surface area contributed by atoms with Crippen LogP contribution in [0.15, 0.2) is 72.4 Å². The lowest BCUT2D eigenvalue weighted by atomic mass is 10.1. The first kappa shape index (κ1) is 26.0. The van der Waals surface area contributed by atoms with Crippen molar-refractivity contribution in [2.75, 3.05) is 18.5 Å². The average Bonchev–Trinajstić information content (AvgIpc) is 2.86. The van der Waals surface area contributed by atoms with Crippen molar-refractivity contribution < 1.29 is 29.0 Å². The van der Waals surface area contributed by atoms with Crippen LogP contribution in [-0.4, -0.2) is 36.1 Å². The van der Waals surface area contributed by atoms with Crippen LogP contribution in [0.25, 0.3) is 6.08 Å². The van der Waals surface area contributed by atoms with Crippen LogP contribution in [0.5, 0.6) is 11.5 Å². The molecule has 3 rings (SSSR count). The largest absolute Gasteiger partial charge is 0.490 e. The van der Waals surface area contributed by atoms with Gasteiger partial charge in [0.1, 0.15) is 5.70 Å². The molecule has 186 valence electrons. The van der Waals surface area contributed by atoms with Gasteiger partial charge in [0.05, 0.1) is 18.8 Å². The third-order valence-electron chi connectivity index (χ3n) is 5.15. The van der Waals surface area contributed by atoms with Crippen molar-refractivity contribution in [1.82, 2.24) is 5.32 Å². The molecular weight excluding hydrogens is 460 g/mol. The molecule has 0 spiro atoms. The molecule has 0 heterocycles. The van der Waals surface area contributed by atoms with Crippen LogP contribution < -0.4 is 20.1 Å². The number of benzene rings is 3. The number of nitrogens with one attached hydrogen (secondary N) is 2. The highest BCUT2D eigenvalue weighted by Crippen LogP contribution is 2.29. The fourth-order valence-corrected chi connectivity index (χ4v) is 3.39. The zero-order valence-corrected chi connectivity index (χ0v) is 20.3. The summed E-state index contributed by atoms with van der Waals surface area (Å²) in [6.45, 7) is 6.43. The summed E-state index contributed by atoms with van der Waals surface area (Å²) in [5.74, 6) is -0.995. The van der Waals surface area contributed by atoms with Crippen molar-refractivity contribution in [3.05, 3.63) is 94.7 Å². The van der Waals surface area contributed by atoms with Crippen molar-refractivity contribution >= 4 is 29.5 Å². The van der Waals surface area contributed by atoms with Crippen LogP contribution in [0.4, 0.5) is 5.69 Å². The Bertz CT molecular complexity index is 1280. The first-order chi connectivity index (χ1) is 17.3. The third kappa shape index (κ3) is 6.73. The van der Waals surface area contributed by atoms with Gasteiger partial charge < -0.3 is 25.2 Å². The molecule has 0 saturated carbocycles. The van der Waals surface area contributed by atoms with Gasteiger partial charge in [0, 0.05) is 11.3 Å². The molecule has 8 nitrogen and oxygen atoms in total. The average molecular weight is 489 g/mol. The molecule has 0 bridgehead atoms. The molecule has 0 radical (unpaired) electrons. The molecule has 8 heteroatoms. The highest BCUT2D eigenvalue weighted by Gasteiger charge is 2.17. The minimum Gasteiger partial charge on any atom is -0.490 e. The highest BCUT2D eigenvalue weighted by atomic mass is 16.5. The zero-order chi connectivity index (χ0) is 26.1. The summed E-state index contributed by atoms with van der Waals surface area (Å²) in [7, 11) is 0. The van der Waals surface area contributed by atoms with Crippen LogP contribution >= 0.6 is 0 Å². The van der Waals surface area contributed by atoms with E-state index < -0.39 is 17.8 Å². The van der Waals surface area contributed by atoms with E-state index in [0.29, 0.717) is 41.5 Å². The molecule has 0 atom stereocenters. The number of hydrogen-bond acceptors (Lipinski definition) is 5. The van der Waals surface area contributed by atoms with E-state index in [9.17, 15) is 14.4 Å². The summed E-state index contributed by atoms with van der Waals surface area (Å²) in [5.41, 5.74) is 2.27. The Morgan fingerprint density at radius 1 is 0.889 bits per heavy atom. The van der Waals surface area contributed by atoms with Crippen molar-refractivity contribution in [2.45, 2.75) is 20.8 Å².